The Morgan fingerprint density at radius 3 is 3.00 bits per heavy atom. The van der Waals surface area contributed by atoms with Crippen molar-refractivity contribution in [1.29, 1.82) is 0 Å². The molecule has 2 amide bonds. The van der Waals surface area contributed by atoms with Crippen molar-refractivity contribution in [1.82, 2.24) is 4.90 Å². The number of carbonyl (C=O) groups is 1. The second kappa shape index (κ2) is 3.67. The van der Waals surface area contributed by atoms with Gasteiger partial charge in [-0.25, -0.2) is 4.79 Å². The van der Waals surface area contributed by atoms with Crippen LogP contribution in [0.5, 0.6) is 0 Å². The van der Waals surface area contributed by atoms with E-state index in [4.69, 9.17) is 5.11 Å². The molecule has 1 aromatic carbocycles. The Labute approximate surface area is 82.2 Å². The van der Waals surface area contributed by atoms with Crippen molar-refractivity contribution in [2.75, 3.05) is 18.5 Å². The molecule has 1 aliphatic rings. The molecule has 0 fully saturated rings. The minimum absolute atomic E-state index is 0.00438. The average Bonchev–Trinajstić information content (AvgIpc) is 2.19. The maximum Gasteiger partial charge on any atom is 0.322 e. The Balaban J connectivity index is 2.22. The van der Waals surface area contributed by atoms with E-state index in [1.807, 2.05) is 24.3 Å². The van der Waals surface area contributed by atoms with Crippen LogP contribution in [0.1, 0.15) is 5.56 Å². The topological polar surface area (TPSA) is 52.6 Å². The Morgan fingerprint density at radius 2 is 2.21 bits per heavy atom. The van der Waals surface area contributed by atoms with Gasteiger partial charge in [-0.1, -0.05) is 18.2 Å². The van der Waals surface area contributed by atoms with Crippen molar-refractivity contribution >= 4 is 11.7 Å². The van der Waals surface area contributed by atoms with Gasteiger partial charge in [0.1, 0.15) is 0 Å². The smallest absolute Gasteiger partial charge is 0.322 e. The first-order valence-electron chi connectivity index (χ1n) is 4.56. The van der Waals surface area contributed by atoms with Gasteiger partial charge in [0.2, 0.25) is 0 Å². The molecule has 0 aromatic heterocycles. The number of hydrogen-bond acceptors (Lipinski definition) is 2. The average molecular weight is 192 g/mol. The normalized spacial score (nSPS) is 14.9. The number of aliphatic hydroxyl groups is 1. The second-order valence-electron chi connectivity index (χ2n) is 3.23. The first-order valence-corrected chi connectivity index (χ1v) is 4.56. The molecule has 2 rings (SSSR count). The summed E-state index contributed by atoms with van der Waals surface area (Å²) in [5.41, 5.74) is 1.95. The van der Waals surface area contributed by atoms with Gasteiger partial charge < -0.3 is 15.3 Å². The monoisotopic (exact) mass is 192 g/mol. The van der Waals surface area contributed by atoms with Gasteiger partial charge >= 0.3 is 6.03 Å². The lowest BCUT2D eigenvalue weighted by Crippen LogP contribution is -2.40. The van der Waals surface area contributed by atoms with Crippen LogP contribution >= 0.6 is 0 Å². The Kier molecular flexibility index (Phi) is 2.37. The highest BCUT2D eigenvalue weighted by molar-refractivity contribution is 5.92. The van der Waals surface area contributed by atoms with Crippen LogP contribution in [0.2, 0.25) is 0 Å². The van der Waals surface area contributed by atoms with Gasteiger partial charge in [0.05, 0.1) is 6.61 Å². The molecule has 74 valence electrons. The third kappa shape index (κ3) is 1.56. The predicted molar refractivity (Wildman–Crippen MR) is 53.0 cm³/mol. The Hall–Kier alpha value is -1.55. The molecule has 0 saturated heterocycles. The van der Waals surface area contributed by atoms with Crippen molar-refractivity contribution in [2.45, 2.75) is 6.54 Å². The molecule has 0 bridgehead atoms. The predicted octanol–water partition coefficient (Wildman–Crippen LogP) is 1.03. The van der Waals surface area contributed by atoms with Crippen molar-refractivity contribution in [3.63, 3.8) is 0 Å². The van der Waals surface area contributed by atoms with Crippen LogP contribution in [0, 0.1) is 0 Å². The first kappa shape index (κ1) is 9.02. The van der Waals surface area contributed by atoms with Gasteiger partial charge in [0.25, 0.3) is 0 Å². The van der Waals surface area contributed by atoms with E-state index in [0.717, 1.165) is 11.3 Å². The third-order valence-electron chi connectivity index (χ3n) is 2.28. The van der Waals surface area contributed by atoms with E-state index >= 15 is 0 Å². The standard InChI is InChI=1S/C10H12N2O2/c13-6-5-12-7-8-3-1-2-4-9(8)11-10(12)14/h1-4,13H,5-7H2,(H,11,14). The molecule has 0 atom stereocenters. The minimum atomic E-state index is -0.141. The zero-order chi connectivity index (χ0) is 9.97. The number of para-hydroxylation sites is 1. The number of nitrogens with zero attached hydrogens (tertiary/aromatic N) is 1. The van der Waals surface area contributed by atoms with Crippen molar-refractivity contribution < 1.29 is 9.90 Å². The molecule has 0 unspecified atom stereocenters. The Morgan fingerprint density at radius 1 is 1.43 bits per heavy atom. The highest BCUT2D eigenvalue weighted by Gasteiger charge is 2.20. The first-order chi connectivity index (χ1) is 6.81. The van der Waals surface area contributed by atoms with Crippen LogP contribution in [-0.2, 0) is 6.54 Å². The van der Waals surface area contributed by atoms with Crippen molar-refractivity contribution in [3.8, 4) is 0 Å². The number of carbonyl (C=O) groups excluding carboxylic acids is 1. The summed E-state index contributed by atoms with van der Waals surface area (Å²) >= 11 is 0. The van der Waals surface area contributed by atoms with E-state index in [1.54, 1.807) is 4.90 Å². The second-order valence-corrected chi connectivity index (χ2v) is 3.23. The van der Waals surface area contributed by atoms with Gasteiger partial charge in [0, 0.05) is 18.8 Å². The zero-order valence-electron chi connectivity index (χ0n) is 7.73. The fourth-order valence-corrected chi connectivity index (χ4v) is 1.55. The van der Waals surface area contributed by atoms with Gasteiger partial charge in [-0.05, 0) is 11.6 Å². The summed E-state index contributed by atoms with van der Waals surface area (Å²) < 4.78 is 0. The molecule has 1 heterocycles. The van der Waals surface area contributed by atoms with Crippen LogP contribution < -0.4 is 5.32 Å². The molecule has 1 aromatic rings. The Bertz CT molecular complexity index is 352. The van der Waals surface area contributed by atoms with E-state index in [0.29, 0.717) is 13.1 Å². The van der Waals surface area contributed by atoms with Crippen LogP contribution in [-0.4, -0.2) is 29.2 Å². The number of amides is 2. The number of fused-ring (bicyclic) bond motifs is 1. The van der Waals surface area contributed by atoms with Crippen molar-refractivity contribution in [3.05, 3.63) is 29.8 Å². The van der Waals surface area contributed by atoms with Crippen molar-refractivity contribution in [2.24, 2.45) is 0 Å². The number of hydrogen-bond donors (Lipinski definition) is 2. The lowest BCUT2D eigenvalue weighted by molar-refractivity contribution is 0.183. The summed E-state index contributed by atoms with van der Waals surface area (Å²) in [7, 11) is 0. The molecular weight excluding hydrogens is 180 g/mol. The summed E-state index contributed by atoms with van der Waals surface area (Å²) in [5, 5.41) is 11.5. The van der Waals surface area contributed by atoms with Gasteiger partial charge in [-0.15, -0.1) is 0 Å². The molecular formula is C10H12N2O2. The fraction of sp³-hybridized carbons (Fsp3) is 0.300. The van der Waals surface area contributed by atoms with Crippen LogP contribution in [0.15, 0.2) is 24.3 Å². The zero-order valence-corrected chi connectivity index (χ0v) is 7.73. The van der Waals surface area contributed by atoms with E-state index in [9.17, 15) is 4.79 Å². The summed E-state index contributed by atoms with van der Waals surface area (Å²) in [6.07, 6.45) is 0. The summed E-state index contributed by atoms with van der Waals surface area (Å²) in [6, 6.07) is 7.54. The maximum absolute atomic E-state index is 11.5. The molecule has 0 saturated carbocycles. The number of aliphatic hydroxyl groups excluding tert-OH is 1. The summed E-state index contributed by atoms with van der Waals surface area (Å²) in [6.45, 7) is 0.943. The number of rotatable bonds is 2. The fourth-order valence-electron chi connectivity index (χ4n) is 1.55. The van der Waals surface area contributed by atoms with E-state index in [2.05, 4.69) is 5.32 Å². The largest absolute Gasteiger partial charge is 0.395 e. The molecule has 1 aliphatic heterocycles. The number of nitrogens with one attached hydrogen (secondary N) is 1. The van der Waals surface area contributed by atoms with E-state index in [1.165, 1.54) is 0 Å². The molecule has 0 aliphatic carbocycles. The number of benzene rings is 1. The number of anilines is 1. The molecule has 2 N–H and O–H groups in total. The minimum Gasteiger partial charge on any atom is -0.395 e. The maximum atomic E-state index is 11.5. The van der Waals surface area contributed by atoms with Gasteiger partial charge in [-0.3, -0.25) is 0 Å². The molecule has 4 heteroatoms. The highest BCUT2D eigenvalue weighted by Crippen LogP contribution is 2.21. The van der Waals surface area contributed by atoms with Crippen LogP contribution in [0.25, 0.3) is 0 Å². The van der Waals surface area contributed by atoms with Gasteiger partial charge in [0.15, 0.2) is 0 Å². The molecule has 14 heavy (non-hydrogen) atoms. The number of β-amino-alcohol motifs (C(OH)–C–C–N with tert-alkyl or cyclic N) is 1. The van der Waals surface area contributed by atoms with E-state index in [-0.39, 0.29) is 12.6 Å². The lowest BCUT2D eigenvalue weighted by Gasteiger charge is -2.28. The SMILES string of the molecule is O=C1Nc2ccccc2CN1CCO. The van der Waals surface area contributed by atoms with Gasteiger partial charge in [-0.2, -0.15) is 0 Å². The summed E-state index contributed by atoms with van der Waals surface area (Å²) in [5.74, 6) is 0. The molecule has 4 nitrogen and oxygen atoms in total. The molecule has 0 radical (unpaired) electrons. The highest BCUT2D eigenvalue weighted by atomic mass is 16.3. The number of urea groups is 1. The summed E-state index contributed by atoms with van der Waals surface area (Å²) in [4.78, 5) is 13.0. The third-order valence-corrected chi connectivity index (χ3v) is 2.28. The quantitative estimate of drug-likeness (QED) is 0.735. The molecule has 0 spiro atoms. The van der Waals surface area contributed by atoms with E-state index < -0.39 is 0 Å². The lowest BCUT2D eigenvalue weighted by atomic mass is 10.1. The van der Waals surface area contributed by atoms with Crippen LogP contribution in [0.4, 0.5) is 10.5 Å². The van der Waals surface area contributed by atoms with Crippen LogP contribution in [0.3, 0.4) is 0 Å².